The third kappa shape index (κ3) is 2.81. The first-order chi connectivity index (χ1) is 8.71. The van der Waals surface area contributed by atoms with E-state index in [4.69, 9.17) is 9.47 Å². The second kappa shape index (κ2) is 5.93. The molecule has 1 fully saturated rings. The van der Waals surface area contributed by atoms with Gasteiger partial charge in [-0.15, -0.1) is 0 Å². The molecule has 2 unspecified atom stereocenters. The first-order valence-corrected chi connectivity index (χ1v) is 7.12. The maximum atomic E-state index is 5.36. The van der Waals surface area contributed by atoms with E-state index in [2.05, 4.69) is 34.2 Å². The fourth-order valence-corrected chi connectivity index (χ4v) is 2.95. The summed E-state index contributed by atoms with van der Waals surface area (Å²) in [4.78, 5) is 0. The summed E-state index contributed by atoms with van der Waals surface area (Å²) < 4.78 is 11.8. The third-order valence-electron chi connectivity index (χ3n) is 3.48. The second-order valence-electron chi connectivity index (χ2n) is 4.64. The lowest BCUT2D eigenvalue weighted by atomic mass is 10.1. The van der Waals surface area contributed by atoms with Crippen molar-refractivity contribution in [2.24, 2.45) is 5.92 Å². The molecular weight excluding hydrogens is 294 g/mol. The number of rotatable bonds is 6. The minimum atomic E-state index is 0.637. The fourth-order valence-electron chi connectivity index (χ4n) is 2.34. The number of ether oxygens (including phenoxy) is 2. The Morgan fingerprint density at radius 1 is 1.28 bits per heavy atom. The van der Waals surface area contributed by atoms with Gasteiger partial charge in [0.15, 0.2) is 11.5 Å². The number of methoxy groups -OCH3 is 2. The molecule has 0 amide bonds. The molecule has 0 heterocycles. The Bertz CT molecular complexity index is 423. The average molecular weight is 314 g/mol. The molecule has 4 heteroatoms. The highest BCUT2D eigenvalue weighted by molar-refractivity contribution is 9.10. The summed E-state index contributed by atoms with van der Waals surface area (Å²) in [5, 5.41) is 3.41. The number of halogens is 1. The molecule has 1 aliphatic rings. The molecule has 0 saturated heterocycles. The number of hydrogen-bond acceptors (Lipinski definition) is 3. The van der Waals surface area contributed by atoms with E-state index in [1.54, 1.807) is 14.2 Å². The van der Waals surface area contributed by atoms with Crippen LogP contribution in [0.25, 0.3) is 0 Å². The SMILES string of the molecule is CCNCC1CC1c1cc(OC)c(OC)cc1Br. The largest absolute Gasteiger partial charge is 0.493 e. The molecule has 1 aromatic carbocycles. The molecule has 0 radical (unpaired) electrons. The molecule has 0 bridgehead atoms. The predicted molar refractivity (Wildman–Crippen MR) is 76.6 cm³/mol. The van der Waals surface area contributed by atoms with Gasteiger partial charge >= 0.3 is 0 Å². The zero-order valence-corrected chi connectivity index (χ0v) is 12.7. The van der Waals surface area contributed by atoms with E-state index < -0.39 is 0 Å². The molecule has 2 atom stereocenters. The normalized spacial score (nSPS) is 21.8. The van der Waals surface area contributed by atoms with Crippen LogP contribution in [-0.2, 0) is 0 Å². The standard InChI is InChI=1S/C14H20BrNO2/c1-4-16-8-9-5-10(9)11-6-13(17-2)14(18-3)7-12(11)15/h6-7,9-10,16H,4-5,8H2,1-3H3. The Hall–Kier alpha value is -0.740. The van der Waals surface area contributed by atoms with E-state index in [-0.39, 0.29) is 0 Å². The van der Waals surface area contributed by atoms with Crippen LogP contribution in [0.15, 0.2) is 16.6 Å². The maximum absolute atomic E-state index is 5.36. The van der Waals surface area contributed by atoms with Gasteiger partial charge in [-0.2, -0.15) is 0 Å². The number of hydrogen-bond donors (Lipinski definition) is 1. The van der Waals surface area contributed by atoms with E-state index in [0.717, 1.165) is 35.0 Å². The summed E-state index contributed by atoms with van der Waals surface area (Å²) in [7, 11) is 3.34. The van der Waals surface area contributed by atoms with Gasteiger partial charge in [-0.25, -0.2) is 0 Å². The van der Waals surface area contributed by atoms with Crippen molar-refractivity contribution < 1.29 is 9.47 Å². The number of nitrogens with one attached hydrogen (secondary N) is 1. The highest BCUT2D eigenvalue weighted by Crippen LogP contribution is 2.51. The maximum Gasteiger partial charge on any atom is 0.161 e. The zero-order valence-electron chi connectivity index (χ0n) is 11.1. The molecule has 1 aliphatic carbocycles. The van der Waals surface area contributed by atoms with Gasteiger partial charge in [-0.1, -0.05) is 22.9 Å². The van der Waals surface area contributed by atoms with Crippen LogP contribution in [0.3, 0.4) is 0 Å². The van der Waals surface area contributed by atoms with Crippen molar-refractivity contribution in [3.05, 3.63) is 22.2 Å². The highest BCUT2D eigenvalue weighted by Gasteiger charge is 2.39. The molecule has 18 heavy (non-hydrogen) atoms. The molecular formula is C14H20BrNO2. The van der Waals surface area contributed by atoms with E-state index in [1.165, 1.54) is 12.0 Å². The van der Waals surface area contributed by atoms with Gasteiger partial charge in [-0.05, 0) is 49.0 Å². The molecule has 100 valence electrons. The Balaban J connectivity index is 2.14. The molecule has 2 rings (SSSR count). The monoisotopic (exact) mass is 313 g/mol. The summed E-state index contributed by atoms with van der Waals surface area (Å²) in [6.45, 7) is 4.28. The van der Waals surface area contributed by atoms with Crippen LogP contribution in [0.4, 0.5) is 0 Å². The smallest absolute Gasteiger partial charge is 0.161 e. The van der Waals surface area contributed by atoms with E-state index in [0.29, 0.717) is 5.92 Å². The average Bonchev–Trinajstić information content (AvgIpc) is 3.15. The summed E-state index contributed by atoms with van der Waals surface area (Å²) in [5.41, 5.74) is 1.33. The van der Waals surface area contributed by atoms with Crippen molar-refractivity contribution in [1.82, 2.24) is 5.32 Å². The lowest BCUT2D eigenvalue weighted by Crippen LogP contribution is -2.16. The summed E-state index contributed by atoms with van der Waals surface area (Å²) >= 11 is 3.63. The predicted octanol–water partition coefficient (Wildman–Crippen LogP) is 3.18. The Labute approximate surface area is 117 Å². The molecule has 1 N–H and O–H groups in total. The Morgan fingerprint density at radius 3 is 2.56 bits per heavy atom. The van der Waals surface area contributed by atoms with Crippen LogP contribution in [0.1, 0.15) is 24.8 Å². The molecule has 0 aromatic heterocycles. The van der Waals surface area contributed by atoms with Gasteiger partial charge in [0, 0.05) is 4.47 Å². The van der Waals surface area contributed by atoms with Crippen LogP contribution in [-0.4, -0.2) is 27.3 Å². The first-order valence-electron chi connectivity index (χ1n) is 6.33. The summed E-state index contributed by atoms with van der Waals surface area (Å²) in [5.74, 6) is 2.97. The summed E-state index contributed by atoms with van der Waals surface area (Å²) in [6, 6.07) is 4.09. The lowest BCUT2D eigenvalue weighted by Gasteiger charge is -2.12. The van der Waals surface area contributed by atoms with Gasteiger partial charge in [0.05, 0.1) is 14.2 Å². The van der Waals surface area contributed by atoms with Crippen LogP contribution >= 0.6 is 15.9 Å². The second-order valence-corrected chi connectivity index (χ2v) is 5.49. The van der Waals surface area contributed by atoms with Gasteiger partial charge < -0.3 is 14.8 Å². The van der Waals surface area contributed by atoms with Crippen LogP contribution in [0.2, 0.25) is 0 Å². The minimum Gasteiger partial charge on any atom is -0.493 e. The molecule has 0 aliphatic heterocycles. The van der Waals surface area contributed by atoms with Crippen molar-refractivity contribution in [3.63, 3.8) is 0 Å². The van der Waals surface area contributed by atoms with Crippen molar-refractivity contribution in [2.45, 2.75) is 19.3 Å². The van der Waals surface area contributed by atoms with Crippen LogP contribution < -0.4 is 14.8 Å². The third-order valence-corrected chi connectivity index (χ3v) is 4.17. The molecule has 1 aromatic rings. The molecule has 0 spiro atoms. The van der Waals surface area contributed by atoms with Crippen molar-refractivity contribution in [2.75, 3.05) is 27.3 Å². The van der Waals surface area contributed by atoms with Crippen molar-refractivity contribution >= 4 is 15.9 Å². The quantitative estimate of drug-likeness (QED) is 0.875. The van der Waals surface area contributed by atoms with Gasteiger partial charge in [0.1, 0.15) is 0 Å². The van der Waals surface area contributed by atoms with E-state index >= 15 is 0 Å². The molecule has 1 saturated carbocycles. The zero-order chi connectivity index (χ0) is 13.1. The number of benzene rings is 1. The Morgan fingerprint density at radius 2 is 1.94 bits per heavy atom. The molecule has 3 nitrogen and oxygen atoms in total. The van der Waals surface area contributed by atoms with Crippen molar-refractivity contribution in [3.8, 4) is 11.5 Å². The van der Waals surface area contributed by atoms with Crippen molar-refractivity contribution in [1.29, 1.82) is 0 Å². The lowest BCUT2D eigenvalue weighted by molar-refractivity contribution is 0.354. The van der Waals surface area contributed by atoms with Gasteiger partial charge in [0.2, 0.25) is 0 Å². The van der Waals surface area contributed by atoms with Crippen LogP contribution in [0, 0.1) is 5.92 Å². The highest BCUT2D eigenvalue weighted by atomic mass is 79.9. The minimum absolute atomic E-state index is 0.637. The Kier molecular flexibility index (Phi) is 4.51. The van der Waals surface area contributed by atoms with E-state index in [9.17, 15) is 0 Å². The summed E-state index contributed by atoms with van der Waals surface area (Å²) in [6.07, 6.45) is 1.25. The fraction of sp³-hybridized carbons (Fsp3) is 0.571. The van der Waals surface area contributed by atoms with Gasteiger partial charge in [0.25, 0.3) is 0 Å². The van der Waals surface area contributed by atoms with E-state index in [1.807, 2.05) is 6.07 Å². The van der Waals surface area contributed by atoms with Crippen LogP contribution in [0.5, 0.6) is 11.5 Å². The van der Waals surface area contributed by atoms with Gasteiger partial charge in [-0.3, -0.25) is 0 Å². The topological polar surface area (TPSA) is 30.5 Å². The first kappa shape index (κ1) is 13.7.